The lowest BCUT2D eigenvalue weighted by atomic mass is 9.90. The van der Waals surface area contributed by atoms with Crippen LogP contribution in [0.15, 0.2) is 24.3 Å². The molecule has 1 aliphatic heterocycles. The van der Waals surface area contributed by atoms with Crippen molar-refractivity contribution in [2.75, 3.05) is 13.1 Å². The summed E-state index contributed by atoms with van der Waals surface area (Å²) in [7, 11) is 0. The molecular formula is C16H25ClN2. The van der Waals surface area contributed by atoms with Crippen molar-refractivity contribution in [2.24, 2.45) is 11.7 Å². The van der Waals surface area contributed by atoms with Crippen molar-refractivity contribution in [3.63, 3.8) is 0 Å². The maximum atomic E-state index is 5.99. The van der Waals surface area contributed by atoms with Gasteiger partial charge in [-0.3, -0.25) is 4.90 Å². The maximum absolute atomic E-state index is 5.99. The number of hydrogen-bond acceptors (Lipinski definition) is 2. The van der Waals surface area contributed by atoms with Crippen molar-refractivity contribution in [1.29, 1.82) is 0 Å². The molecule has 0 aliphatic carbocycles. The van der Waals surface area contributed by atoms with Gasteiger partial charge in [0.05, 0.1) is 0 Å². The Morgan fingerprint density at radius 3 is 2.58 bits per heavy atom. The molecule has 1 fully saturated rings. The van der Waals surface area contributed by atoms with Crippen LogP contribution in [-0.2, 0) is 0 Å². The zero-order valence-electron chi connectivity index (χ0n) is 12.0. The average molecular weight is 281 g/mol. The zero-order valence-corrected chi connectivity index (χ0v) is 12.7. The Morgan fingerprint density at radius 1 is 1.32 bits per heavy atom. The van der Waals surface area contributed by atoms with Crippen LogP contribution in [0, 0.1) is 5.92 Å². The number of nitrogens with two attached hydrogens (primary N) is 1. The monoisotopic (exact) mass is 280 g/mol. The van der Waals surface area contributed by atoms with Gasteiger partial charge in [-0.15, -0.1) is 0 Å². The van der Waals surface area contributed by atoms with Crippen LogP contribution in [0.5, 0.6) is 0 Å². The van der Waals surface area contributed by atoms with Gasteiger partial charge in [-0.25, -0.2) is 0 Å². The van der Waals surface area contributed by atoms with Gasteiger partial charge in [0.25, 0.3) is 0 Å². The van der Waals surface area contributed by atoms with E-state index in [0.717, 1.165) is 24.5 Å². The minimum Gasteiger partial charge on any atom is -0.330 e. The largest absolute Gasteiger partial charge is 0.330 e. The molecule has 3 unspecified atom stereocenters. The van der Waals surface area contributed by atoms with Crippen LogP contribution in [0.4, 0.5) is 0 Å². The summed E-state index contributed by atoms with van der Waals surface area (Å²) in [6.45, 7) is 6.53. The molecule has 2 rings (SSSR count). The number of hydrogen-bond donors (Lipinski definition) is 1. The SMILES string of the molecule is CCC(c1ccc(Cl)cc1)N1CC(CN)CCC1C. The highest BCUT2D eigenvalue weighted by molar-refractivity contribution is 6.30. The Morgan fingerprint density at radius 2 is 2.00 bits per heavy atom. The van der Waals surface area contributed by atoms with Crippen molar-refractivity contribution in [3.8, 4) is 0 Å². The first-order valence-electron chi connectivity index (χ1n) is 7.37. The molecule has 0 radical (unpaired) electrons. The van der Waals surface area contributed by atoms with Crippen LogP contribution in [0.3, 0.4) is 0 Å². The third-order valence-electron chi connectivity index (χ3n) is 4.40. The van der Waals surface area contributed by atoms with Gasteiger partial charge in [0, 0.05) is 23.7 Å². The van der Waals surface area contributed by atoms with E-state index in [2.05, 4.69) is 30.9 Å². The van der Waals surface area contributed by atoms with E-state index in [0.29, 0.717) is 18.0 Å². The Balaban J connectivity index is 2.17. The van der Waals surface area contributed by atoms with Crippen molar-refractivity contribution >= 4 is 11.6 Å². The van der Waals surface area contributed by atoms with Crippen LogP contribution in [0.1, 0.15) is 44.7 Å². The van der Waals surface area contributed by atoms with Crippen LogP contribution in [0.2, 0.25) is 5.02 Å². The molecule has 106 valence electrons. The highest BCUT2D eigenvalue weighted by Gasteiger charge is 2.30. The van der Waals surface area contributed by atoms with Crippen LogP contribution >= 0.6 is 11.6 Å². The summed E-state index contributed by atoms with van der Waals surface area (Å²) < 4.78 is 0. The first-order chi connectivity index (χ1) is 9.15. The van der Waals surface area contributed by atoms with Gasteiger partial charge < -0.3 is 5.73 Å². The Kier molecular flexibility index (Phi) is 5.26. The first kappa shape index (κ1) is 14.8. The number of benzene rings is 1. The smallest absolute Gasteiger partial charge is 0.0406 e. The molecule has 0 saturated carbocycles. The maximum Gasteiger partial charge on any atom is 0.0406 e. The minimum absolute atomic E-state index is 0.488. The first-order valence-corrected chi connectivity index (χ1v) is 7.74. The van der Waals surface area contributed by atoms with E-state index in [1.54, 1.807) is 0 Å². The molecule has 2 nitrogen and oxygen atoms in total. The second kappa shape index (κ2) is 6.74. The molecule has 2 N–H and O–H groups in total. The topological polar surface area (TPSA) is 29.3 Å². The van der Waals surface area contributed by atoms with Gasteiger partial charge in [-0.1, -0.05) is 30.7 Å². The van der Waals surface area contributed by atoms with Gasteiger partial charge in [-0.05, 0) is 56.3 Å². The summed E-state index contributed by atoms with van der Waals surface area (Å²) in [6.07, 6.45) is 3.65. The third-order valence-corrected chi connectivity index (χ3v) is 4.65. The fourth-order valence-corrected chi connectivity index (χ4v) is 3.31. The molecule has 1 aliphatic rings. The molecule has 19 heavy (non-hydrogen) atoms. The second-order valence-electron chi connectivity index (χ2n) is 5.70. The molecule has 1 saturated heterocycles. The lowest BCUT2D eigenvalue weighted by molar-refractivity contribution is 0.0712. The number of nitrogens with zero attached hydrogens (tertiary/aromatic N) is 1. The Hall–Kier alpha value is -0.570. The number of halogens is 1. The van der Waals surface area contributed by atoms with Crippen LogP contribution in [0.25, 0.3) is 0 Å². The summed E-state index contributed by atoms with van der Waals surface area (Å²) in [4.78, 5) is 2.63. The standard InChI is InChI=1S/C16H25ClN2/c1-3-16(14-6-8-15(17)9-7-14)19-11-13(10-18)5-4-12(19)2/h6-9,12-13,16H,3-5,10-11,18H2,1-2H3. The fourth-order valence-electron chi connectivity index (χ4n) is 3.19. The predicted molar refractivity (Wildman–Crippen MR) is 82.4 cm³/mol. The average Bonchev–Trinajstić information content (AvgIpc) is 2.43. The summed E-state index contributed by atoms with van der Waals surface area (Å²) in [5, 5.41) is 0.810. The Labute approximate surface area is 121 Å². The van der Waals surface area contributed by atoms with E-state index in [1.807, 2.05) is 12.1 Å². The summed E-state index contributed by atoms with van der Waals surface area (Å²) in [5.74, 6) is 0.651. The zero-order chi connectivity index (χ0) is 13.8. The van der Waals surface area contributed by atoms with Gasteiger partial charge >= 0.3 is 0 Å². The highest BCUT2D eigenvalue weighted by atomic mass is 35.5. The quantitative estimate of drug-likeness (QED) is 0.908. The van der Waals surface area contributed by atoms with Gasteiger partial charge in [0.15, 0.2) is 0 Å². The van der Waals surface area contributed by atoms with Crippen LogP contribution < -0.4 is 5.73 Å². The predicted octanol–water partition coefficient (Wildman–Crippen LogP) is 3.85. The number of likely N-dealkylation sites (tertiary alicyclic amines) is 1. The molecule has 1 aromatic carbocycles. The Bertz CT molecular complexity index is 390. The van der Waals surface area contributed by atoms with Gasteiger partial charge in [0.1, 0.15) is 0 Å². The lowest BCUT2D eigenvalue weighted by Gasteiger charge is -2.42. The van der Waals surface area contributed by atoms with Crippen molar-refractivity contribution < 1.29 is 0 Å². The summed E-state index contributed by atoms with van der Waals surface area (Å²) in [5.41, 5.74) is 7.24. The molecule has 0 spiro atoms. The van der Waals surface area contributed by atoms with E-state index < -0.39 is 0 Å². The molecule has 1 heterocycles. The van der Waals surface area contributed by atoms with Crippen molar-refractivity contribution in [2.45, 2.75) is 45.2 Å². The summed E-state index contributed by atoms with van der Waals surface area (Å²) >= 11 is 5.99. The van der Waals surface area contributed by atoms with Gasteiger partial charge in [0.2, 0.25) is 0 Å². The van der Waals surface area contributed by atoms with Crippen LogP contribution in [-0.4, -0.2) is 24.0 Å². The molecular weight excluding hydrogens is 256 g/mol. The highest BCUT2D eigenvalue weighted by Crippen LogP contribution is 2.33. The lowest BCUT2D eigenvalue weighted by Crippen LogP contribution is -2.45. The molecule has 0 amide bonds. The molecule has 3 heteroatoms. The van der Waals surface area contributed by atoms with E-state index in [9.17, 15) is 0 Å². The third kappa shape index (κ3) is 3.50. The molecule has 3 atom stereocenters. The van der Waals surface area contributed by atoms with Gasteiger partial charge in [-0.2, -0.15) is 0 Å². The minimum atomic E-state index is 0.488. The normalized spacial score (nSPS) is 26.3. The van der Waals surface area contributed by atoms with Crippen molar-refractivity contribution in [3.05, 3.63) is 34.9 Å². The van der Waals surface area contributed by atoms with E-state index in [4.69, 9.17) is 17.3 Å². The molecule has 0 bridgehead atoms. The molecule has 0 aromatic heterocycles. The number of piperidine rings is 1. The van der Waals surface area contributed by atoms with Crippen molar-refractivity contribution in [1.82, 2.24) is 4.90 Å². The van der Waals surface area contributed by atoms with E-state index >= 15 is 0 Å². The number of rotatable bonds is 4. The van der Waals surface area contributed by atoms with E-state index in [-0.39, 0.29) is 0 Å². The van der Waals surface area contributed by atoms with E-state index in [1.165, 1.54) is 18.4 Å². The summed E-state index contributed by atoms with van der Waals surface area (Å²) in [6, 6.07) is 9.44. The molecule has 1 aromatic rings. The fraction of sp³-hybridized carbons (Fsp3) is 0.625. The second-order valence-corrected chi connectivity index (χ2v) is 6.14.